The van der Waals surface area contributed by atoms with Crippen molar-refractivity contribution in [2.75, 3.05) is 7.11 Å². The summed E-state index contributed by atoms with van der Waals surface area (Å²) in [6, 6.07) is 9.71. The molecular weight excluding hydrogens is 294 g/mol. The molecule has 0 radical (unpaired) electrons. The summed E-state index contributed by atoms with van der Waals surface area (Å²) in [5.74, 6) is -0.180. The van der Waals surface area contributed by atoms with Gasteiger partial charge in [-0.2, -0.15) is 4.31 Å². The van der Waals surface area contributed by atoms with Gasteiger partial charge in [0.2, 0.25) is 10.0 Å². The van der Waals surface area contributed by atoms with Crippen molar-refractivity contribution >= 4 is 16.0 Å². The average Bonchev–Trinajstić information content (AvgIpc) is 3.04. The number of esters is 1. The Bertz CT molecular complexity index is 739. The Hall–Kier alpha value is -2.12. The first-order chi connectivity index (χ1) is 10.1. The van der Waals surface area contributed by atoms with Gasteiger partial charge in [-0.1, -0.05) is 18.2 Å². The van der Waals surface area contributed by atoms with E-state index in [-0.39, 0.29) is 4.90 Å². The van der Waals surface area contributed by atoms with Crippen LogP contribution in [0.5, 0.6) is 0 Å². The van der Waals surface area contributed by atoms with E-state index in [1.807, 2.05) is 0 Å². The van der Waals surface area contributed by atoms with Gasteiger partial charge in [0.1, 0.15) is 17.8 Å². The van der Waals surface area contributed by atoms with Gasteiger partial charge in [-0.05, 0) is 24.3 Å². The van der Waals surface area contributed by atoms with Crippen LogP contribution in [0.25, 0.3) is 0 Å². The normalized spacial score (nSPS) is 24.5. The van der Waals surface area contributed by atoms with Crippen molar-refractivity contribution in [2.24, 2.45) is 0 Å². The summed E-state index contributed by atoms with van der Waals surface area (Å²) < 4.78 is 36.2. The number of carbonyl (C=O) groups is 1. The molecule has 110 valence electrons. The maximum atomic E-state index is 12.6. The minimum atomic E-state index is -3.77. The molecule has 0 aliphatic carbocycles. The van der Waals surface area contributed by atoms with Crippen molar-refractivity contribution in [1.82, 2.24) is 4.31 Å². The van der Waals surface area contributed by atoms with Crippen molar-refractivity contribution in [1.29, 1.82) is 0 Å². The Morgan fingerprint density at radius 2 is 1.90 bits per heavy atom. The van der Waals surface area contributed by atoms with Crippen molar-refractivity contribution in [3.05, 3.63) is 54.5 Å². The van der Waals surface area contributed by atoms with E-state index in [4.69, 9.17) is 4.42 Å². The van der Waals surface area contributed by atoms with Crippen LogP contribution in [-0.4, -0.2) is 31.8 Å². The van der Waals surface area contributed by atoms with E-state index in [2.05, 4.69) is 4.74 Å². The number of ether oxygens (including phenoxy) is 1. The number of furan rings is 1. The monoisotopic (exact) mass is 307 g/mol. The van der Waals surface area contributed by atoms with E-state index >= 15 is 0 Å². The lowest BCUT2D eigenvalue weighted by atomic mass is 10.2. The Kier molecular flexibility index (Phi) is 3.30. The van der Waals surface area contributed by atoms with Crippen molar-refractivity contribution < 1.29 is 22.4 Å². The number of sulfonamides is 1. The average molecular weight is 307 g/mol. The molecule has 3 rings (SSSR count). The third-order valence-corrected chi connectivity index (χ3v) is 5.23. The molecule has 21 heavy (non-hydrogen) atoms. The van der Waals surface area contributed by atoms with Crippen LogP contribution in [0.1, 0.15) is 11.8 Å². The number of benzene rings is 1. The van der Waals surface area contributed by atoms with Crippen LogP contribution in [-0.2, 0) is 19.6 Å². The number of carbonyl (C=O) groups excluding carboxylic acids is 1. The predicted octanol–water partition coefficient (Wildman–Crippen LogP) is 1.57. The fourth-order valence-electron chi connectivity index (χ4n) is 2.32. The zero-order chi connectivity index (χ0) is 15.0. The Morgan fingerprint density at radius 3 is 2.48 bits per heavy atom. The van der Waals surface area contributed by atoms with Gasteiger partial charge in [0.05, 0.1) is 18.3 Å². The predicted molar refractivity (Wildman–Crippen MR) is 72.7 cm³/mol. The molecule has 0 spiro atoms. The second-order valence-electron chi connectivity index (χ2n) is 4.58. The molecule has 0 saturated carbocycles. The smallest absolute Gasteiger partial charge is 0.326 e. The van der Waals surface area contributed by atoms with Crippen LogP contribution >= 0.6 is 0 Å². The van der Waals surface area contributed by atoms with E-state index in [9.17, 15) is 13.2 Å². The first-order valence-electron chi connectivity index (χ1n) is 6.27. The van der Waals surface area contributed by atoms with E-state index < -0.39 is 28.1 Å². The third kappa shape index (κ3) is 2.24. The molecule has 2 aromatic rings. The van der Waals surface area contributed by atoms with E-state index in [0.29, 0.717) is 5.76 Å². The number of hydrogen-bond donors (Lipinski definition) is 0. The molecule has 2 heterocycles. The third-order valence-electron chi connectivity index (χ3n) is 3.35. The number of hydrogen-bond acceptors (Lipinski definition) is 5. The molecule has 0 amide bonds. The highest BCUT2D eigenvalue weighted by atomic mass is 32.2. The lowest BCUT2D eigenvalue weighted by molar-refractivity contribution is -0.140. The summed E-state index contributed by atoms with van der Waals surface area (Å²) in [5.41, 5.74) is 0. The first kappa shape index (κ1) is 13.8. The van der Waals surface area contributed by atoms with Gasteiger partial charge in [0.15, 0.2) is 0 Å². The molecule has 1 aromatic carbocycles. The van der Waals surface area contributed by atoms with Crippen LogP contribution < -0.4 is 0 Å². The van der Waals surface area contributed by atoms with Gasteiger partial charge < -0.3 is 9.15 Å². The zero-order valence-corrected chi connectivity index (χ0v) is 12.0. The van der Waals surface area contributed by atoms with Crippen molar-refractivity contribution in [2.45, 2.75) is 17.0 Å². The minimum absolute atomic E-state index is 0.132. The SMILES string of the molecule is COC(=O)[C@@H]1[C@@H](c2ccco2)N1S(=O)(=O)c1ccccc1. The summed E-state index contributed by atoms with van der Waals surface area (Å²) in [4.78, 5) is 11.9. The van der Waals surface area contributed by atoms with Gasteiger partial charge in [0, 0.05) is 0 Å². The minimum Gasteiger partial charge on any atom is -0.468 e. The van der Waals surface area contributed by atoms with Gasteiger partial charge in [0.25, 0.3) is 0 Å². The van der Waals surface area contributed by atoms with E-state index in [1.165, 1.54) is 25.5 Å². The molecule has 1 unspecified atom stereocenters. The van der Waals surface area contributed by atoms with Gasteiger partial charge in [-0.25, -0.2) is 8.42 Å². The second-order valence-corrected chi connectivity index (χ2v) is 6.42. The summed E-state index contributed by atoms with van der Waals surface area (Å²) in [6.07, 6.45) is 1.44. The molecular formula is C14H13NO5S. The highest BCUT2D eigenvalue weighted by Gasteiger charge is 2.62. The number of nitrogens with zero attached hydrogens (tertiary/aromatic N) is 1. The largest absolute Gasteiger partial charge is 0.468 e. The fraction of sp³-hybridized carbons (Fsp3) is 0.214. The summed E-state index contributed by atoms with van der Waals surface area (Å²) in [6.45, 7) is 0. The molecule has 1 aliphatic rings. The molecule has 1 aliphatic heterocycles. The van der Waals surface area contributed by atoms with Crippen LogP contribution in [0.15, 0.2) is 58.0 Å². The first-order valence-corrected chi connectivity index (χ1v) is 7.71. The molecule has 0 N–H and O–H groups in total. The lowest BCUT2D eigenvalue weighted by Gasteiger charge is -2.05. The van der Waals surface area contributed by atoms with Gasteiger partial charge >= 0.3 is 5.97 Å². The molecule has 3 atom stereocenters. The molecule has 1 saturated heterocycles. The topological polar surface area (TPSA) is 76.6 Å². The second kappa shape index (κ2) is 5.01. The highest BCUT2D eigenvalue weighted by molar-refractivity contribution is 7.89. The van der Waals surface area contributed by atoms with Crippen LogP contribution in [0.4, 0.5) is 0 Å². The van der Waals surface area contributed by atoms with Gasteiger partial charge in [-0.3, -0.25) is 4.79 Å². The highest BCUT2D eigenvalue weighted by Crippen LogP contribution is 2.48. The van der Waals surface area contributed by atoms with Crippen molar-refractivity contribution in [3.63, 3.8) is 0 Å². The van der Waals surface area contributed by atoms with Crippen molar-refractivity contribution in [3.8, 4) is 0 Å². The van der Waals surface area contributed by atoms with E-state index in [0.717, 1.165) is 4.31 Å². The zero-order valence-electron chi connectivity index (χ0n) is 11.2. The maximum Gasteiger partial charge on any atom is 0.326 e. The standard InChI is InChI=1S/C14H13NO5S/c1-19-14(16)13-12(11-8-5-9-20-11)15(13)21(17,18)10-6-3-2-4-7-10/h2-9,12-13H,1H3/t12-,13+,15?/m1/s1. The number of methoxy groups -OCH3 is 1. The lowest BCUT2D eigenvalue weighted by Crippen LogP contribution is -2.20. The fourth-order valence-corrected chi connectivity index (χ4v) is 4.03. The van der Waals surface area contributed by atoms with Crippen LogP contribution in [0, 0.1) is 0 Å². The van der Waals surface area contributed by atoms with Crippen LogP contribution in [0.3, 0.4) is 0 Å². The molecule has 1 fully saturated rings. The summed E-state index contributed by atoms with van der Waals surface area (Å²) in [5, 5.41) is 0. The molecule has 6 nitrogen and oxygen atoms in total. The Morgan fingerprint density at radius 1 is 1.19 bits per heavy atom. The summed E-state index contributed by atoms with van der Waals surface area (Å²) in [7, 11) is -2.54. The van der Waals surface area contributed by atoms with Crippen LogP contribution in [0.2, 0.25) is 0 Å². The van der Waals surface area contributed by atoms with E-state index in [1.54, 1.807) is 30.3 Å². The molecule has 1 aromatic heterocycles. The summed E-state index contributed by atoms with van der Waals surface area (Å²) >= 11 is 0. The Labute approximate surface area is 122 Å². The molecule has 7 heteroatoms. The quantitative estimate of drug-likeness (QED) is 0.633. The molecule has 0 bridgehead atoms. The Balaban J connectivity index is 1.99. The number of rotatable bonds is 4. The van der Waals surface area contributed by atoms with Gasteiger partial charge in [-0.15, -0.1) is 0 Å². The maximum absolute atomic E-state index is 12.6.